The van der Waals surface area contributed by atoms with Crippen LogP contribution in [0.2, 0.25) is 0 Å². The molecule has 12 atom stereocenters. The molecular weight excluding hydrogens is 969 g/mol. The summed E-state index contributed by atoms with van der Waals surface area (Å²) in [5.74, 6) is -5.54. The summed E-state index contributed by atoms with van der Waals surface area (Å²) in [4.78, 5) is 54.4. The van der Waals surface area contributed by atoms with Crippen LogP contribution in [0.25, 0.3) is 0 Å². The van der Waals surface area contributed by atoms with Gasteiger partial charge in [-0.15, -0.1) is 0 Å². The lowest BCUT2D eigenvalue weighted by Crippen LogP contribution is -2.33. The van der Waals surface area contributed by atoms with Crippen molar-refractivity contribution in [2.24, 2.45) is 69.0 Å². The summed E-state index contributed by atoms with van der Waals surface area (Å²) >= 11 is 0. The number of aromatic carboxylic acids is 4. The topological polar surface area (TPSA) is 205 Å². The van der Waals surface area contributed by atoms with Crippen LogP contribution in [0.3, 0.4) is 0 Å². The molecule has 3 aromatic rings. The molecule has 76 heavy (non-hydrogen) atoms. The fourth-order valence-corrected chi connectivity index (χ4v) is 17.1. The standard InChI is InChI=1S/C62H78O14/c1-31-13-21-41-55(5,6)59(41,27-31)73-37-19-17-35(25-39(37)75-61-29-33(3)15-23-43(61)57(61,9)10)71-49-45(51(63)64)47(53(67)68)50(48(54(69)70)46(49)52(65)66)72-36-18-20-38(74-60-28-32(2)14-22-42(60)56(60,7)8)40(26-36)76-62-30-34(4)16-24-44(62)58(62,11)12/h17-20,25-26,31-34,41-44H,13-16,21-24,27-30H2,1-12H3,(H,63,64)(H,65,66)(H,67,68)(H,69,70). The van der Waals surface area contributed by atoms with Crippen molar-refractivity contribution in [2.45, 2.75) is 183 Å². The van der Waals surface area contributed by atoms with Gasteiger partial charge < -0.3 is 48.8 Å². The number of benzene rings is 3. The molecule has 8 saturated carbocycles. The Kier molecular flexibility index (Phi) is 11.7. The second-order valence-electron chi connectivity index (χ2n) is 27.4. The average Bonchev–Trinajstić information content (AvgIpc) is 4.40. The van der Waals surface area contributed by atoms with Crippen molar-refractivity contribution < 1.29 is 68.0 Å². The summed E-state index contributed by atoms with van der Waals surface area (Å²) < 4.78 is 41.2. The van der Waals surface area contributed by atoms with E-state index in [0.717, 1.165) is 77.0 Å². The lowest BCUT2D eigenvalue weighted by atomic mass is 9.88. The molecule has 11 rings (SSSR count). The highest BCUT2D eigenvalue weighted by atomic mass is 16.6. The lowest BCUT2D eigenvalue weighted by molar-refractivity contribution is 0.0574. The van der Waals surface area contributed by atoms with Gasteiger partial charge in [-0.1, -0.05) is 109 Å². The first-order chi connectivity index (χ1) is 35.5. The highest BCUT2D eigenvalue weighted by molar-refractivity contribution is 6.15. The van der Waals surface area contributed by atoms with E-state index in [2.05, 4.69) is 83.1 Å². The summed E-state index contributed by atoms with van der Waals surface area (Å²) in [6.45, 7) is 26.5. The number of carbonyl (C=O) groups is 4. The van der Waals surface area contributed by atoms with Gasteiger partial charge >= 0.3 is 23.9 Å². The maximum Gasteiger partial charge on any atom is 0.340 e. The Hall–Kier alpha value is -5.66. The molecule has 0 aliphatic heterocycles. The van der Waals surface area contributed by atoms with Crippen LogP contribution in [0.4, 0.5) is 0 Å². The Morgan fingerprint density at radius 2 is 0.618 bits per heavy atom. The van der Waals surface area contributed by atoms with Crippen LogP contribution in [0.1, 0.15) is 202 Å². The fourth-order valence-electron chi connectivity index (χ4n) is 17.1. The molecule has 14 nitrogen and oxygen atoms in total. The summed E-state index contributed by atoms with van der Waals surface area (Å²) in [6, 6.07) is 9.33. The van der Waals surface area contributed by atoms with Gasteiger partial charge in [0.2, 0.25) is 0 Å². The highest BCUT2D eigenvalue weighted by Crippen LogP contribution is 2.75. The zero-order valence-electron chi connectivity index (χ0n) is 46.4. The molecule has 8 aliphatic rings. The third-order valence-electron chi connectivity index (χ3n) is 21.9. The molecule has 0 saturated heterocycles. The average molecular weight is 1050 g/mol. The summed E-state index contributed by atoms with van der Waals surface area (Å²) in [7, 11) is 0. The molecule has 0 bridgehead atoms. The van der Waals surface area contributed by atoms with Crippen LogP contribution in [-0.2, 0) is 0 Å². The molecule has 14 heteroatoms. The van der Waals surface area contributed by atoms with Crippen LogP contribution in [0.5, 0.6) is 46.0 Å². The largest absolute Gasteiger partial charge is 0.482 e. The molecule has 4 N–H and O–H groups in total. The minimum absolute atomic E-state index is 0.118. The minimum atomic E-state index is -1.89. The minimum Gasteiger partial charge on any atom is -0.482 e. The van der Waals surface area contributed by atoms with Gasteiger partial charge in [-0.25, -0.2) is 19.2 Å². The predicted octanol–water partition coefficient (Wildman–Crippen LogP) is 14.4. The molecule has 0 aromatic heterocycles. The van der Waals surface area contributed by atoms with E-state index in [0.29, 0.717) is 58.5 Å². The molecule has 3 aromatic carbocycles. The van der Waals surface area contributed by atoms with Gasteiger partial charge in [0.25, 0.3) is 0 Å². The molecule has 0 amide bonds. The predicted molar refractivity (Wildman–Crippen MR) is 282 cm³/mol. The first-order valence-corrected chi connectivity index (χ1v) is 28.1. The maximum atomic E-state index is 13.6. The number of carboxylic acid groups (broad SMARTS) is 4. The summed E-state index contributed by atoms with van der Waals surface area (Å²) in [5.41, 5.74) is -7.16. The Morgan fingerprint density at radius 1 is 0.382 bits per heavy atom. The number of ether oxygens (including phenoxy) is 6. The van der Waals surface area contributed by atoms with Crippen molar-refractivity contribution in [3.63, 3.8) is 0 Å². The molecule has 8 aliphatic carbocycles. The number of carboxylic acids is 4. The van der Waals surface area contributed by atoms with Crippen LogP contribution >= 0.6 is 0 Å². The Morgan fingerprint density at radius 3 is 0.855 bits per heavy atom. The van der Waals surface area contributed by atoms with Gasteiger partial charge in [-0.2, -0.15) is 0 Å². The van der Waals surface area contributed by atoms with E-state index < -0.39 is 80.0 Å². The first-order valence-electron chi connectivity index (χ1n) is 28.1. The van der Waals surface area contributed by atoms with Gasteiger partial charge in [-0.3, -0.25) is 0 Å². The molecule has 0 radical (unpaired) electrons. The SMILES string of the molecule is CC1CCC2C(C)(C)C2(Oc2ccc(Oc3c(C(=O)O)c(C(=O)O)c(Oc4ccc(OC56CC(C)CCC5C6(C)C)c(OC56CC(C)CCC5C6(C)C)c4)c(C(=O)O)c3C(=O)O)cc2OC23CC(C)CCC2C3(C)C)C1. The number of fused-ring (bicyclic) bond motifs is 4. The number of hydrogen-bond acceptors (Lipinski definition) is 10. The van der Waals surface area contributed by atoms with E-state index in [1.54, 1.807) is 12.1 Å². The Bertz CT molecular complexity index is 2720. The first kappa shape index (κ1) is 52.4. The lowest BCUT2D eigenvalue weighted by Gasteiger charge is -2.33. The molecule has 8 fully saturated rings. The number of hydrogen-bond donors (Lipinski definition) is 4. The molecule has 0 heterocycles. The second kappa shape index (κ2) is 16.9. The number of rotatable bonds is 16. The van der Waals surface area contributed by atoms with Crippen molar-refractivity contribution in [3.8, 4) is 46.0 Å². The van der Waals surface area contributed by atoms with Crippen LogP contribution in [0.15, 0.2) is 36.4 Å². The quantitative estimate of drug-likeness (QED) is 0.105. The maximum absolute atomic E-state index is 13.6. The highest BCUT2D eigenvalue weighted by Gasteiger charge is 2.78. The Balaban J connectivity index is 1.02. The normalized spacial score (nSPS) is 36.1. The summed E-state index contributed by atoms with van der Waals surface area (Å²) in [6.07, 6.45) is 11.5. The summed E-state index contributed by atoms with van der Waals surface area (Å²) in [5, 5.41) is 44.1. The zero-order valence-corrected chi connectivity index (χ0v) is 46.4. The van der Waals surface area contributed by atoms with Crippen molar-refractivity contribution in [1.82, 2.24) is 0 Å². The molecule has 0 spiro atoms. The third-order valence-corrected chi connectivity index (χ3v) is 21.9. The van der Waals surface area contributed by atoms with E-state index in [1.165, 1.54) is 24.3 Å². The van der Waals surface area contributed by atoms with E-state index in [1.807, 2.05) is 0 Å². The third kappa shape index (κ3) is 7.42. The monoisotopic (exact) mass is 1050 g/mol. The van der Waals surface area contributed by atoms with Gasteiger partial charge in [0.15, 0.2) is 34.5 Å². The van der Waals surface area contributed by atoms with Gasteiger partial charge in [0.1, 0.15) is 56.2 Å². The van der Waals surface area contributed by atoms with Crippen LogP contribution in [-0.4, -0.2) is 66.7 Å². The van der Waals surface area contributed by atoms with Gasteiger partial charge in [-0.05, 0) is 99.3 Å². The Labute approximate surface area is 446 Å². The van der Waals surface area contributed by atoms with Crippen molar-refractivity contribution >= 4 is 23.9 Å². The smallest absolute Gasteiger partial charge is 0.340 e. The van der Waals surface area contributed by atoms with Crippen molar-refractivity contribution in [2.75, 3.05) is 0 Å². The fraction of sp³-hybridized carbons (Fsp3) is 0.645. The molecular formula is C62H78O14. The van der Waals surface area contributed by atoms with Gasteiger partial charge in [0, 0.05) is 57.5 Å². The van der Waals surface area contributed by atoms with Crippen molar-refractivity contribution in [1.29, 1.82) is 0 Å². The van der Waals surface area contributed by atoms with E-state index >= 15 is 0 Å². The zero-order chi connectivity index (χ0) is 54.8. The van der Waals surface area contributed by atoms with Crippen LogP contribution in [0, 0.1) is 69.0 Å². The van der Waals surface area contributed by atoms with Crippen LogP contribution < -0.4 is 28.4 Å². The van der Waals surface area contributed by atoms with Gasteiger partial charge in [0.05, 0.1) is 0 Å². The van der Waals surface area contributed by atoms with E-state index in [9.17, 15) is 39.6 Å². The molecule has 12 unspecified atom stereocenters. The van der Waals surface area contributed by atoms with Crippen molar-refractivity contribution in [3.05, 3.63) is 58.7 Å². The van der Waals surface area contributed by atoms with E-state index in [4.69, 9.17) is 28.4 Å². The van der Waals surface area contributed by atoms with E-state index in [-0.39, 0.29) is 45.0 Å². The molecule has 410 valence electrons. The second-order valence-corrected chi connectivity index (χ2v) is 27.4.